The molecule has 1 aromatic carbocycles. The quantitative estimate of drug-likeness (QED) is 0.568. The van der Waals surface area contributed by atoms with E-state index in [-0.39, 0.29) is 5.91 Å². The van der Waals surface area contributed by atoms with Gasteiger partial charge in [0.25, 0.3) is 5.91 Å². The molecule has 0 aliphatic rings. The lowest BCUT2D eigenvalue weighted by atomic mass is 10.1. The number of hydrogen-bond acceptors (Lipinski definition) is 4. The van der Waals surface area contributed by atoms with Crippen LogP contribution in [0, 0.1) is 0 Å². The predicted molar refractivity (Wildman–Crippen MR) is 87.4 cm³/mol. The third-order valence-electron chi connectivity index (χ3n) is 3.17. The van der Waals surface area contributed by atoms with Gasteiger partial charge in [0.15, 0.2) is 0 Å². The molecule has 0 fully saturated rings. The molecule has 2 heterocycles. The van der Waals surface area contributed by atoms with Crippen molar-refractivity contribution in [1.82, 2.24) is 15.6 Å². The van der Waals surface area contributed by atoms with Crippen molar-refractivity contribution in [3.8, 4) is 11.3 Å². The molecule has 0 radical (unpaired) electrons. The van der Waals surface area contributed by atoms with Crippen molar-refractivity contribution in [2.24, 2.45) is 5.10 Å². The molecule has 0 spiro atoms. The van der Waals surface area contributed by atoms with Crippen LogP contribution in [0.5, 0.6) is 0 Å². The number of carbonyl (C=O) groups excluding carboxylic acids is 1. The molecule has 3 rings (SSSR count). The van der Waals surface area contributed by atoms with Gasteiger partial charge in [-0.3, -0.25) is 9.89 Å². The van der Waals surface area contributed by atoms with E-state index in [4.69, 9.17) is 16.0 Å². The Kier molecular flexibility index (Phi) is 4.25. The van der Waals surface area contributed by atoms with Gasteiger partial charge in [0, 0.05) is 10.6 Å². The average Bonchev–Trinajstić information content (AvgIpc) is 3.24. The first kappa shape index (κ1) is 15.1. The summed E-state index contributed by atoms with van der Waals surface area (Å²) >= 11 is 5.85. The zero-order valence-electron chi connectivity index (χ0n) is 12.2. The topological polar surface area (TPSA) is 83.3 Å². The number of furan rings is 1. The summed E-state index contributed by atoms with van der Waals surface area (Å²) < 4.78 is 5.19. The maximum Gasteiger partial charge on any atom is 0.289 e. The maximum atomic E-state index is 12.1. The summed E-state index contributed by atoms with van der Waals surface area (Å²) in [4.78, 5) is 12.1. The van der Waals surface area contributed by atoms with Crippen LogP contribution in [-0.4, -0.2) is 21.8 Å². The zero-order chi connectivity index (χ0) is 16.2. The maximum absolute atomic E-state index is 12.1. The molecule has 0 saturated heterocycles. The van der Waals surface area contributed by atoms with Gasteiger partial charge in [-0.2, -0.15) is 10.2 Å². The fourth-order valence-electron chi connectivity index (χ4n) is 1.94. The zero-order valence-corrected chi connectivity index (χ0v) is 13.0. The van der Waals surface area contributed by atoms with Gasteiger partial charge in [-0.05, 0) is 37.3 Å². The van der Waals surface area contributed by atoms with Crippen molar-refractivity contribution in [1.29, 1.82) is 0 Å². The molecule has 0 saturated carbocycles. The second-order valence-corrected chi connectivity index (χ2v) is 5.23. The van der Waals surface area contributed by atoms with Gasteiger partial charge in [0.05, 0.1) is 12.0 Å². The number of nitrogens with zero attached hydrogens (tertiary/aromatic N) is 2. The number of aromatic amines is 1. The van der Waals surface area contributed by atoms with Crippen LogP contribution in [-0.2, 0) is 0 Å². The Balaban J connectivity index is 1.71. The molecule has 3 aromatic rings. The van der Waals surface area contributed by atoms with Crippen LogP contribution in [0.4, 0.5) is 0 Å². The second-order valence-electron chi connectivity index (χ2n) is 4.79. The standard InChI is InChI=1S/C16H13ClN4O2/c1-10(15-3-2-8-23-15)18-21-16(22)14-9-13(19-20-14)11-4-6-12(17)7-5-11/h2-9H,1H3,(H,19,20)(H,21,22)/b18-10-. The molecule has 23 heavy (non-hydrogen) atoms. The summed E-state index contributed by atoms with van der Waals surface area (Å²) in [6.07, 6.45) is 1.55. The van der Waals surface area contributed by atoms with E-state index in [1.165, 1.54) is 0 Å². The van der Waals surface area contributed by atoms with E-state index in [1.54, 1.807) is 43.5 Å². The Morgan fingerprint density at radius 2 is 2.09 bits per heavy atom. The van der Waals surface area contributed by atoms with Crippen LogP contribution >= 0.6 is 11.6 Å². The molecule has 116 valence electrons. The summed E-state index contributed by atoms with van der Waals surface area (Å²) in [6, 6.07) is 12.4. The first-order valence-electron chi connectivity index (χ1n) is 6.83. The van der Waals surface area contributed by atoms with Crippen LogP contribution < -0.4 is 5.43 Å². The number of nitrogens with one attached hydrogen (secondary N) is 2. The lowest BCUT2D eigenvalue weighted by Gasteiger charge is -1.98. The first-order chi connectivity index (χ1) is 11.1. The number of amides is 1. The smallest absolute Gasteiger partial charge is 0.289 e. The number of carbonyl (C=O) groups is 1. The number of rotatable bonds is 4. The third kappa shape index (κ3) is 3.49. The lowest BCUT2D eigenvalue weighted by Crippen LogP contribution is -2.19. The second kappa shape index (κ2) is 6.50. The molecule has 0 aliphatic carbocycles. The average molecular weight is 329 g/mol. The summed E-state index contributed by atoms with van der Waals surface area (Å²) in [6.45, 7) is 1.74. The van der Waals surface area contributed by atoms with Crippen LogP contribution in [0.15, 0.2) is 58.2 Å². The van der Waals surface area contributed by atoms with Gasteiger partial charge in [-0.25, -0.2) is 5.43 Å². The van der Waals surface area contributed by atoms with E-state index in [1.807, 2.05) is 12.1 Å². The van der Waals surface area contributed by atoms with E-state index >= 15 is 0 Å². The SMILES string of the molecule is C/C(=N/NC(=O)c1cc(-c2ccc(Cl)cc2)n[nH]1)c1ccco1. The number of halogens is 1. The van der Waals surface area contributed by atoms with Crippen molar-refractivity contribution < 1.29 is 9.21 Å². The Hall–Kier alpha value is -2.86. The van der Waals surface area contributed by atoms with Gasteiger partial charge >= 0.3 is 0 Å². The minimum atomic E-state index is -0.386. The van der Waals surface area contributed by atoms with E-state index in [2.05, 4.69) is 20.7 Å². The summed E-state index contributed by atoms with van der Waals surface area (Å²) in [7, 11) is 0. The molecule has 7 heteroatoms. The molecule has 2 N–H and O–H groups in total. The van der Waals surface area contributed by atoms with Crippen LogP contribution in [0.25, 0.3) is 11.3 Å². The molecule has 0 atom stereocenters. The fourth-order valence-corrected chi connectivity index (χ4v) is 2.07. The molecule has 2 aromatic heterocycles. The molecular formula is C16H13ClN4O2. The Morgan fingerprint density at radius 3 is 2.78 bits per heavy atom. The summed E-state index contributed by atoms with van der Waals surface area (Å²) in [5, 5.41) is 11.4. The third-order valence-corrected chi connectivity index (χ3v) is 3.42. The molecule has 1 amide bonds. The first-order valence-corrected chi connectivity index (χ1v) is 7.21. The molecule has 0 aliphatic heterocycles. The Morgan fingerprint density at radius 1 is 1.30 bits per heavy atom. The van der Waals surface area contributed by atoms with E-state index in [0.29, 0.717) is 27.9 Å². The number of hydrogen-bond donors (Lipinski definition) is 2. The van der Waals surface area contributed by atoms with Crippen LogP contribution in [0.1, 0.15) is 23.2 Å². The largest absolute Gasteiger partial charge is 0.463 e. The van der Waals surface area contributed by atoms with Crippen molar-refractivity contribution >= 4 is 23.2 Å². The van der Waals surface area contributed by atoms with E-state index < -0.39 is 0 Å². The van der Waals surface area contributed by atoms with Gasteiger partial charge in [-0.1, -0.05) is 23.7 Å². The minimum Gasteiger partial charge on any atom is -0.463 e. The highest BCUT2D eigenvalue weighted by Gasteiger charge is 2.11. The number of H-pyrrole nitrogens is 1. The normalized spacial score (nSPS) is 11.5. The molecule has 0 unspecified atom stereocenters. The van der Waals surface area contributed by atoms with Crippen molar-refractivity contribution in [2.45, 2.75) is 6.92 Å². The van der Waals surface area contributed by atoms with Gasteiger partial charge in [0.1, 0.15) is 17.2 Å². The minimum absolute atomic E-state index is 0.311. The van der Waals surface area contributed by atoms with Crippen molar-refractivity contribution in [2.75, 3.05) is 0 Å². The van der Waals surface area contributed by atoms with Crippen molar-refractivity contribution in [3.05, 3.63) is 65.2 Å². The molecular weight excluding hydrogens is 316 g/mol. The molecule has 6 nitrogen and oxygen atoms in total. The van der Waals surface area contributed by atoms with Gasteiger partial charge in [-0.15, -0.1) is 0 Å². The van der Waals surface area contributed by atoms with Crippen molar-refractivity contribution in [3.63, 3.8) is 0 Å². The van der Waals surface area contributed by atoms with E-state index in [0.717, 1.165) is 5.56 Å². The summed E-state index contributed by atoms with van der Waals surface area (Å²) in [5.74, 6) is 0.209. The fraction of sp³-hybridized carbons (Fsp3) is 0.0625. The number of hydrazone groups is 1. The van der Waals surface area contributed by atoms with Crippen LogP contribution in [0.2, 0.25) is 5.02 Å². The highest BCUT2D eigenvalue weighted by molar-refractivity contribution is 6.30. The van der Waals surface area contributed by atoms with Gasteiger partial charge in [0.2, 0.25) is 0 Å². The Bertz CT molecular complexity index is 835. The van der Waals surface area contributed by atoms with Crippen LogP contribution in [0.3, 0.4) is 0 Å². The predicted octanol–water partition coefficient (Wildman–Crippen LogP) is 3.48. The monoisotopic (exact) mass is 328 g/mol. The highest BCUT2D eigenvalue weighted by atomic mass is 35.5. The lowest BCUT2D eigenvalue weighted by molar-refractivity contribution is 0.0950. The van der Waals surface area contributed by atoms with E-state index in [9.17, 15) is 4.79 Å². The number of benzene rings is 1. The summed E-state index contributed by atoms with van der Waals surface area (Å²) in [5.41, 5.74) is 4.85. The highest BCUT2D eigenvalue weighted by Crippen LogP contribution is 2.20. The molecule has 0 bridgehead atoms. The Labute approximate surface area is 137 Å². The number of aromatic nitrogens is 2. The van der Waals surface area contributed by atoms with Gasteiger partial charge < -0.3 is 4.42 Å².